The van der Waals surface area contributed by atoms with Gasteiger partial charge in [-0.05, 0) is 32.0 Å². The maximum Gasteiger partial charge on any atom is 0.226 e. The minimum atomic E-state index is 0. The Balaban J connectivity index is 0. The summed E-state index contributed by atoms with van der Waals surface area (Å²) in [6.07, 6.45) is 5.94. The number of nitrogens with two attached hydrogens (primary N) is 2. The number of rotatable bonds is 7. The van der Waals surface area contributed by atoms with E-state index in [1.807, 2.05) is 47.8 Å². The van der Waals surface area contributed by atoms with Gasteiger partial charge in [0.1, 0.15) is 16.4 Å². The van der Waals surface area contributed by atoms with Crippen molar-refractivity contribution in [2.75, 3.05) is 42.8 Å². The Morgan fingerprint density at radius 2 is 1.32 bits per heavy atom. The Morgan fingerprint density at radius 1 is 0.927 bits per heavy atom. The number of aromatic nitrogens is 6. The number of hydrogen-bond acceptors (Lipinski definition) is 10. The molecule has 7 N–H and O–H groups in total. The summed E-state index contributed by atoms with van der Waals surface area (Å²) < 4.78 is 5.28. The fourth-order valence-corrected chi connectivity index (χ4v) is 3.35. The molecule has 4 heterocycles. The first-order chi connectivity index (χ1) is 18.5. The van der Waals surface area contributed by atoms with E-state index >= 15 is 0 Å². The van der Waals surface area contributed by atoms with Gasteiger partial charge in [-0.3, -0.25) is 20.2 Å². The van der Waals surface area contributed by atoms with Crippen LogP contribution in [0.4, 0.5) is 17.7 Å². The Morgan fingerprint density at radius 3 is 1.73 bits per heavy atom. The van der Waals surface area contributed by atoms with Crippen molar-refractivity contribution < 1.29 is 18.6 Å². The van der Waals surface area contributed by atoms with Gasteiger partial charge in [-0.1, -0.05) is 32.9 Å². The zero-order valence-corrected chi connectivity index (χ0v) is 28.9. The van der Waals surface area contributed by atoms with Crippen molar-refractivity contribution in [3.05, 3.63) is 33.6 Å². The summed E-state index contributed by atoms with van der Waals surface area (Å²) in [6.45, 7) is 10.0. The Labute approximate surface area is 275 Å². The van der Waals surface area contributed by atoms with Crippen LogP contribution in [-0.2, 0) is 32.7 Å². The van der Waals surface area contributed by atoms with E-state index in [4.69, 9.17) is 17.4 Å². The third kappa shape index (κ3) is 13.8. The van der Waals surface area contributed by atoms with Gasteiger partial charge in [-0.25, -0.2) is 10.8 Å². The van der Waals surface area contributed by atoms with Gasteiger partial charge < -0.3 is 42.4 Å². The molecule has 0 unspecified atom stereocenters. The van der Waals surface area contributed by atoms with Crippen LogP contribution >= 0.6 is 34.2 Å². The second-order valence-corrected chi connectivity index (χ2v) is 11.2. The number of nitrogens with one attached hydrogen (secondary N) is 3. The van der Waals surface area contributed by atoms with Gasteiger partial charge >= 0.3 is 0 Å². The van der Waals surface area contributed by atoms with E-state index < -0.39 is 0 Å². The molecule has 0 aliphatic rings. The van der Waals surface area contributed by atoms with Crippen LogP contribution in [0, 0.1) is 3.92 Å². The molecule has 4 rings (SSSR count). The third-order valence-corrected chi connectivity index (χ3v) is 5.07. The molecular formula is C26H47ClIN12V-. The second kappa shape index (κ2) is 21.8. The summed E-state index contributed by atoms with van der Waals surface area (Å²) in [4.78, 5) is 17.5. The molecule has 4 aromatic heterocycles. The van der Waals surface area contributed by atoms with Crippen molar-refractivity contribution in [3.63, 3.8) is 0 Å². The molecule has 0 saturated heterocycles. The monoisotopic (exact) mass is 740 g/mol. The van der Waals surface area contributed by atoms with Crippen molar-refractivity contribution in [3.8, 4) is 0 Å². The number of halogens is 2. The van der Waals surface area contributed by atoms with E-state index in [1.54, 1.807) is 14.1 Å². The summed E-state index contributed by atoms with van der Waals surface area (Å²) in [5, 5.41) is 10.2. The molecule has 0 bridgehead atoms. The predicted molar refractivity (Wildman–Crippen MR) is 181 cm³/mol. The Kier molecular flexibility index (Phi) is 21.9. The molecule has 1 radical (unpaired) electrons. The molecule has 0 aromatic carbocycles. The molecule has 41 heavy (non-hydrogen) atoms. The normalized spacial score (nSPS) is 9.78. The predicted octanol–water partition coefficient (Wildman–Crippen LogP) is 5.25. The molecule has 0 saturated carbocycles. The number of aryl methyl sites for hydroxylation is 2. The number of nitrogens with zero attached hydrogens (tertiary/aromatic N) is 7. The third-order valence-electron chi connectivity index (χ3n) is 4.78. The van der Waals surface area contributed by atoms with Crippen LogP contribution < -0.4 is 32.8 Å². The van der Waals surface area contributed by atoms with Gasteiger partial charge in [-0.15, -0.1) is 0 Å². The van der Waals surface area contributed by atoms with Crippen LogP contribution in [0.1, 0.15) is 48.0 Å². The van der Waals surface area contributed by atoms with Gasteiger partial charge in [0.25, 0.3) is 0 Å². The van der Waals surface area contributed by atoms with Crippen molar-refractivity contribution in [2.45, 2.75) is 48.0 Å². The molecule has 15 heteroatoms. The van der Waals surface area contributed by atoms with Crippen LogP contribution in [0.3, 0.4) is 0 Å². The summed E-state index contributed by atoms with van der Waals surface area (Å²) in [6, 6.07) is 3.89. The summed E-state index contributed by atoms with van der Waals surface area (Å²) in [5.74, 6) is 12.3. The molecule has 231 valence electrons. The van der Waals surface area contributed by atoms with Crippen LogP contribution in [0.15, 0.2) is 24.5 Å². The van der Waals surface area contributed by atoms with Gasteiger partial charge in [0.2, 0.25) is 11.9 Å². The Bertz CT molecular complexity index is 1260. The van der Waals surface area contributed by atoms with Crippen LogP contribution in [0.2, 0.25) is 5.15 Å². The summed E-state index contributed by atoms with van der Waals surface area (Å²) in [5.41, 5.74) is 3.99. The first-order valence-corrected chi connectivity index (χ1v) is 14.1. The maximum atomic E-state index is 6.05. The summed E-state index contributed by atoms with van der Waals surface area (Å²) >= 11 is 8.31. The first kappa shape index (κ1) is 41.3. The molecule has 0 atom stereocenters. The van der Waals surface area contributed by atoms with E-state index in [1.165, 1.54) is 8.93 Å². The second-order valence-electron chi connectivity index (χ2n) is 8.67. The van der Waals surface area contributed by atoms with Gasteiger partial charge in [0, 0.05) is 65.2 Å². The van der Waals surface area contributed by atoms with Gasteiger partial charge in [-0.2, -0.15) is 28.8 Å². The molecule has 0 fully saturated rings. The van der Waals surface area contributed by atoms with E-state index in [9.17, 15) is 0 Å². The number of fused-ring (bicyclic) bond motifs is 2. The smallest absolute Gasteiger partial charge is 0.226 e. The van der Waals surface area contributed by atoms with Crippen molar-refractivity contribution in [2.24, 2.45) is 25.8 Å². The number of anilines is 3. The SMILES string of the molecule is C.CCCNc1nc(Cl)c2ccn(C)c2n1.CCCNc1nc(N(C)N)c2ccn(C)c2n1.CNN.C[C-](C)I.[V]. The zero-order chi connectivity index (χ0) is 29.5. The van der Waals surface area contributed by atoms with Gasteiger partial charge in [0.05, 0.1) is 10.8 Å². The fourth-order valence-electron chi connectivity index (χ4n) is 3.12. The molecule has 0 spiro atoms. The number of hydrazine groups is 2. The zero-order valence-electron chi connectivity index (χ0n) is 24.6. The minimum absolute atomic E-state index is 0. The first-order valence-electron chi connectivity index (χ1n) is 12.6. The van der Waals surface area contributed by atoms with Crippen molar-refractivity contribution in [1.82, 2.24) is 34.5 Å². The van der Waals surface area contributed by atoms with Crippen molar-refractivity contribution in [1.29, 1.82) is 0 Å². The average Bonchev–Trinajstić information content (AvgIpc) is 3.44. The quantitative estimate of drug-likeness (QED) is 0.0559. The molecule has 0 aliphatic carbocycles. The minimum Gasteiger partial charge on any atom is -0.354 e. The van der Waals surface area contributed by atoms with Gasteiger partial charge in [0.15, 0.2) is 5.82 Å². The van der Waals surface area contributed by atoms with E-state index in [2.05, 4.69) is 92.1 Å². The van der Waals surface area contributed by atoms with E-state index in [0.29, 0.717) is 17.0 Å². The van der Waals surface area contributed by atoms with E-state index in [-0.39, 0.29) is 26.0 Å². The van der Waals surface area contributed by atoms with Crippen LogP contribution in [0.25, 0.3) is 22.1 Å². The largest absolute Gasteiger partial charge is 0.354 e. The fraction of sp³-hybridized carbons (Fsp3) is 0.500. The molecule has 4 aromatic rings. The Hall–Kier alpha value is -1.88. The molecular weight excluding hydrogens is 694 g/mol. The van der Waals surface area contributed by atoms with Crippen LogP contribution in [0.5, 0.6) is 0 Å². The van der Waals surface area contributed by atoms with E-state index in [0.717, 1.165) is 53.8 Å². The maximum absolute atomic E-state index is 6.05. The summed E-state index contributed by atoms with van der Waals surface area (Å²) in [7, 11) is 7.33. The molecule has 0 aliphatic heterocycles. The topological polar surface area (TPSA) is 153 Å². The molecule has 0 amide bonds. The standard InChI is InChI=1S/C11H18N6.C10H13ClN4.C3H6I.CH6N2.CH4.V/c1-4-6-13-11-14-9-8(5-7-16(9)2)10(15-11)17(3)12;1-3-5-12-10-13-8(11)7-4-6-15(2)9(7)14-10;1-3(2)4;1-3-2;;/h5,7H,4,6,12H2,1-3H3,(H,13,14,15);4,6H,3,5H2,1-2H3,(H,12,13,14);1-2H3;3H,2H2,1H3;1H4;/q;;-1;;;. The van der Waals surface area contributed by atoms with Crippen LogP contribution in [-0.4, -0.2) is 56.3 Å². The molecule has 12 nitrogen and oxygen atoms in total. The number of hydrogen-bond donors (Lipinski definition) is 5. The van der Waals surface area contributed by atoms with Crippen molar-refractivity contribution >= 4 is 74.0 Å². The average molecular weight is 741 g/mol.